The van der Waals surface area contributed by atoms with Crippen molar-refractivity contribution < 1.29 is 18.0 Å². The molecule has 7 nitrogen and oxygen atoms in total. The highest BCUT2D eigenvalue weighted by molar-refractivity contribution is 8.00. The Morgan fingerprint density at radius 2 is 1.81 bits per heavy atom. The molecule has 2 amide bonds. The molecule has 1 aliphatic heterocycles. The number of carbonyl (C=O) groups is 1. The van der Waals surface area contributed by atoms with Gasteiger partial charge >= 0.3 is 11.5 Å². The first-order valence-corrected chi connectivity index (χ1v) is 10.9. The summed E-state index contributed by atoms with van der Waals surface area (Å²) in [4.78, 5) is 23.3. The molecule has 0 radical (unpaired) electrons. The zero-order valence-electron chi connectivity index (χ0n) is 17.1. The summed E-state index contributed by atoms with van der Waals surface area (Å²) in [6.07, 6.45) is 3.57. The van der Waals surface area contributed by atoms with Gasteiger partial charge in [-0.25, -0.2) is 9.78 Å². The Balaban J connectivity index is 1.42. The number of benzene rings is 1. The van der Waals surface area contributed by atoms with Crippen LogP contribution >= 0.6 is 11.8 Å². The van der Waals surface area contributed by atoms with Gasteiger partial charge in [0.1, 0.15) is 5.82 Å². The minimum Gasteiger partial charge on any atom is -0.356 e. The van der Waals surface area contributed by atoms with Crippen LogP contribution in [-0.4, -0.2) is 47.7 Å². The second-order valence-electron chi connectivity index (χ2n) is 7.12. The van der Waals surface area contributed by atoms with Gasteiger partial charge in [0.25, 0.3) is 0 Å². The Morgan fingerprint density at radius 1 is 1.10 bits per heavy atom. The van der Waals surface area contributed by atoms with E-state index in [0.29, 0.717) is 24.7 Å². The molecule has 1 saturated heterocycles. The van der Waals surface area contributed by atoms with Gasteiger partial charge in [0, 0.05) is 48.5 Å². The summed E-state index contributed by atoms with van der Waals surface area (Å²) in [6.45, 7) is 4.66. The van der Waals surface area contributed by atoms with Crippen LogP contribution in [0.25, 0.3) is 0 Å². The summed E-state index contributed by atoms with van der Waals surface area (Å²) in [5, 5.41) is 8.38. The lowest BCUT2D eigenvalue weighted by Crippen LogP contribution is -2.33. The van der Waals surface area contributed by atoms with E-state index in [0.717, 1.165) is 37.4 Å². The first-order chi connectivity index (χ1) is 14.8. The van der Waals surface area contributed by atoms with E-state index in [1.807, 2.05) is 13.0 Å². The van der Waals surface area contributed by atoms with Crippen LogP contribution in [0.3, 0.4) is 0 Å². The molecule has 0 spiro atoms. The molecule has 1 fully saturated rings. The maximum atomic E-state index is 12.4. The van der Waals surface area contributed by atoms with Crippen molar-refractivity contribution in [3.63, 3.8) is 0 Å². The number of hydrogen-bond donors (Lipinski definition) is 3. The monoisotopic (exact) mass is 454 g/mol. The smallest absolute Gasteiger partial charge is 0.356 e. The third-order valence-electron chi connectivity index (χ3n) is 4.56. The number of halogens is 3. The number of aromatic nitrogens is 2. The topological polar surface area (TPSA) is 82.2 Å². The second-order valence-corrected chi connectivity index (χ2v) is 8.26. The van der Waals surface area contributed by atoms with Crippen molar-refractivity contribution in [2.24, 2.45) is 0 Å². The molecule has 31 heavy (non-hydrogen) atoms. The summed E-state index contributed by atoms with van der Waals surface area (Å²) >= 11 is -0.197. The van der Waals surface area contributed by atoms with Crippen molar-refractivity contribution in [1.29, 1.82) is 0 Å². The standard InChI is InChI=1S/C20H25F3N6OS/c1-14-13-17(29-11-3-2-4-12-29)28-18(26-14)24-9-10-25-19(30)27-15-5-7-16(8-6-15)31-20(21,22)23/h5-8,13H,2-4,9-12H2,1H3,(H,24,26,28)(H2,25,27,30). The molecule has 2 heterocycles. The van der Waals surface area contributed by atoms with E-state index in [2.05, 4.69) is 30.8 Å². The fourth-order valence-corrected chi connectivity index (χ4v) is 3.72. The van der Waals surface area contributed by atoms with Crippen LogP contribution in [0.1, 0.15) is 25.0 Å². The molecule has 168 valence electrons. The average Bonchev–Trinajstić information content (AvgIpc) is 2.72. The third-order valence-corrected chi connectivity index (χ3v) is 5.30. The van der Waals surface area contributed by atoms with Crippen molar-refractivity contribution >= 4 is 35.2 Å². The Labute approximate surface area is 183 Å². The van der Waals surface area contributed by atoms with E-state index in [4.69, 9.17) is 0 Å². The summed E-state index contributed by atoms with van der Waals surface area (Å²) in [6, 6.07) is 7.00. The van der Waals surface area contributed by atoms with Gasteiger partial charge in [0.15, 0.2) is 0 Å². The number of nitrogens with zero attached hydrogens (tertiary/aromatic N) is 3. The number of carbonyl (C=O) groups excluding carboxylic acids is 1. The van der Waals surface area contributed by atoms with Crippen LogP contribution in [0.4, 0.5) is 35.4 Å². The normalized spacial score (nSPS) is 14.3. The van der Waals surface area contributed by atoms with Crippen molar-refractivity contribution in [1.82, 2.24) is 15.3 Å². The van der Waals surface area contributed by atoms with Crippen molar-refractivity contribution in [2.75, 3.05) is 41.7 Å². The number of piperidine rings is 1. The van der Waals surface area contributed by atoms with Crippen LogP contribution in [0.2, 0.25) is 0 Å². The van der Waals surface area contributed by atoms with Gasteiger partial charge < -0.3 is 20.9 Å². The largest absolute Gasteiger partial charge is 0.446 e. The van der Waals surface area contributed by atoms with Gasteiger partial charge in [-0.1, -0.05) is 0 Å². The Hall–Kier alpha value is -2.69. The van der Waals surface area contributed by atoms with E-state index in [9.17, 15) is 18.0 Å². The molecule has 1 aromatic heterocycles. The summed E-state index contributed by atoms with van der Waals surface area (Å²) < 4.78 is 37.1. The van der Waals surface area contributed by atoms with Gasteiger partial charge in [-0.3, -0.25) is 0 Å². The Kier molecular flexibility index (Phi) is 7.83. The quantitative estimate of drug-likeness (QED) is 0.418. The third kappa shape index (κ3) is 7.82. The highest BCUT2D eigenvalue weighted by atomic mass is 32.2. The molecular formula is C20H25F3N6OS. The maximum Gasteiger partial charge on any atom is 0.446 e. The molecule has 2 aromatic rings. The summed E-state index contributed by atoms with van der Waals surface area (Å²) in [5.74, 6) is 1.42. The SMILES string of the molecule is Cc1cc(N2CCCCC2)nc(NCCNC(=O)Nc2ccc(SC(F)(F)F)cc2)n1. The highest BCUT2D eigenvalue weighted by Crippen LogP contribution is 2.37. The lowest BCUT2D eigenvalue weighted by Gasteiger charge is -2.28. The zero-order chi connectivity index (χ0) is 22.3. The Bertz CT molecular complexity index is 872. The average molecular weight is 455 g/mol. The van der Waals surface area contributed by atoms with Crippen LogP contribution in [0.5, 0.6) is 0 Å². The van der Waals surface area contributed by atoms with Crippen LogP contribution in [0.15, 0.2) is 35.2 Å². The van der Waals surface area contributed by atoms with E-state index in [1.165, 1.54) is 30.7 Å². The molecule has 3 N–H and O–H groups in total. The first kappa shape index (κ1) is 23.0. The van der Waals surface area contributed by atoms with Gasteiger partial charge in [-0.15, -0.1) is 0 Å². The van der Waals surface area contributed by atoms with E-state index in [1.54, 1.807) is 0 Å². The van der Waals surface area contributed by atoms with Gasteiger partial charge in [0.2, 0.25) is 5.95 Å². The molecule has 0 saturated carbocycles. The number of urea groups is 1. The van der Waals surface area contributed by atoms with Gasteiger partial charge in [-0.05, 0) is 62.2 Å². The lowest BCUT2D eigenvalue weighted by molar-refractivity contribution is -0.0328. The number of hydrogen-bond acceptors (Lipinski definition) is 6. The minimum absolute atomic E-state index is 0.0599. The molecule has 0 atom stereocenters. The summed E-state index contributed by atoms with van der Waals surface area (Å²) in [5.41, 5.74) is -3.06. The van der Waals surface area contributed by atoms with Gasteiger partial charge in [0.05, 0.1) is 0 Å². The van der Waals surface area contributed by atoms with E-state index >= 15 is 0 Å². The van der Waals surface area contributed by atoms with Crippen molar-refractivity contribution in [3.8, 4) is 0 Å². The summed E-state index contributed by atoms with van der Waals surface area (Å²) in [7, 11) is 0. The second kappa shape index (κ2) is 10.6. The number of rotatable bonds is 7. The molecule has 3 rings (SSSR count). The minimum atomic E-state index is -4.34. The molecule has 11 heteroatoms. The maximum absolute atomic E-state index is 12.4. The molecule has 0 aliphatic carbocycles. The van der Waals surface area contributed by atoms with Crippen LogP contribution < -0.4 is 20.9 Å². The number of amides is 2. The number of anilines is 3. The van der Waals surface area contributed by atoms with Crippen LogP contribution in [-0.2, 0) is 0 Å². The first-order valence-electron chi connectivity index (χ1n) is 10.0. The molecular weight excluding hydrogens is 429 g/mol. The van der Waals surface area contributed by atoms with E-state index < -0.39 is 11.5 Å². The number of alkyl halides is 3. The fourth-order valence-electron chi connectivity index (χ4n) is 3.18. The molecule has 0 bridgehead atoms. The van der Waals surface area contributed by atoms with Crippen LogP contribution in [0, 0.1) is 6.92 Å². The van der Waals surface area contributed by atoms with Gasteiger partial charge in [-0.2, -0.15) is 18.2 Å². The van der Waals surface area contributed by atoms with E-state index in [-0.39, 0.29) is 16.7 Å². The predicted molar refractivity (Wildman–Crippen MR) is 117 cm³/mol. The Morgan fingerprint density at radius 3 is 2.48 bits per heavy atom. The fraction of sp³-hybridized carbons (Fsp3) is 0.450. The molecule has 1 aliphatic rings. The number of nitrogens with one attached hydrogen (secondary N) is 3. The molecule has 0 unspecified atom stereocenters. The number of thioether (sulfide) groups is 1. The zero-order valence-corrected chi connectivity index (χ0v) is 17.9. The predicted octanol–water partition coefficient (Wildman–Crippen LogP) is 4.62. The lowest BCUT2D eigenvalue weighted by atomic mass is 10.1. The van der Waals surface area contributed by atoms with Crippen molar-refractivity contribution in [3.05, 3.63) is 36.0 Å². The number of aryl methyl sites for hydroxylation is 1. The molecule has 1 aromatic carbocycles. The highest BCUT2D eigenvalue weighted by Gasteiger charge is 2.29. The van der Waals surface area contributed by atoms with Crippen molar-refractivity contribution in [2.45, 2.75) is 36.6 Å².